The van der Waals surface area contributed by atoms with Crippen molar-refractivity contribution in [2.45, 2.75) is 30.2 Å². The molecule has 2 heterocycles. The van der Waals surface area contributed by atoms with E-state index < -0.39 is 9.84 Å². The molecule has 25 heavy (non-hydrogen) atoms. The topological polar surface area (TPSA) is 75.4 Å². The number of sulfone groups is 1. The van der Waals surface area contributed by atoms with Crippen LogP contribution in [0, 0.1) is 0 Å². The minimum absolute atomic E-state index is 0.0786. The Hall–Kier alpha value is -1.70. The molecule has 1 aliphatic rings. The van der Waals surface area contributed by atoms with E-state index in [0.29, 0.717) is 23.9 Å². The molecule has 1 aromatic carbocycles. The normalized spacial score (nSPS) is 19.2. The first-order valence-corrected chi connectivity index (χ1v) is 10.4. The highest BCUT2D eigenvalue weighted by Gasteiger charge is 2.24. The maximum absolute atomic E-state index is 12.4. The number of aliphatic hydroxyl groups is 1. The first-order valence-electron chi connectivity index (χ1n) is 8.73. The van der Waals surface area contributed by atoms with E-state index in [1.54, 1.807) is 28.9 Å². The predicted octanol–water partition coefficient (Wildman–Crippen LogP) is 1.53. The van der Waals surface area contributed by atoms with Crippen molar-refractivity contribution in [2.24, 2.45) is 0 Å². The molecule has 0 saturated carbocycles. The summed E-state index contributed by atoms with van der Waals surface area (Å²) < 4.78 is 26.6. The van der Waals surface area contributed by atoms with Crippen molar-refractivity contribution >= 4 is 9.84 Å². The standard InChI is InChI=1S/C18H25N3O3S/c22-13-11-21-10-8-18(19-21)16-5-4-9-20(15-16)12-14-25(23,24)17-6-2-1-3-7-17/h1-3,6-8,10,16,22H,4-5,9,11-15H2/t16-/m1/s1. The highest BCUT2D eigenvalue weighted by atomic mass is 32.2. The number of likely N-dealkylation sites (tertiary alicyclic amines) is 1. The molecule has 1 atom stereocenters. The zero-order chi connectivity index (χ0) is 17.7. The number of piperidine rings is 1. The fourth-order valence-corrected chi connectivity index (χ4v) is 4.62. The van der Waals surface area contributed by atoms with Crippen LogP contribution >= 0.6 is 0 Å². The van der Waals surface area contributed by atoms with Gasteiger partial charge in [-0.1, -0.05) is 18.2 Å². The van der Waals surface area contributed by atoms with Crippen molar-refractivity contribution < 1.29 is 13.5 Å². The molecule has 0 unspecified atom stereocenters. The van der Waals surface area contributed by atoms with Gasteiger partial charge in [0.25, 0.3) is 0 Å². The van der Waals surface area contributed by atoms with Gasteiger partial charge in [-0.3, -0.25) is 4.68 Å². The van der Waals surface area contributed by atoms with Crippen LogP contribution in [0.1, 0.15) is 24.5 Å². The van der Waals surface area contributed by atoms with E-state index >= 15 is 0 Å². The summed E-state index contributed by atoms with van der Waals surface area (Å²) in [5.41, 5.74) is 1.03. The summed E-state index contributed by atoms with van der Waals surface area (Å²) in [5.74, 6) is 0.469. The number of benzene rings is 1. The Morgan fingerprint density at radius 1 is 1.16 bits per heavy atom. The van der Waals surface area contributed by atoms with Crippen LogP contribution in [0.3, 0.4) is 0 Å². The maximum atomic E-state index is 12.4. The van der Waals surface area contributed by atoms with Crippen molar-refractivity contribution in [3.05, 3.63) is 48.3 Å². The Balaban J connectivity index is 1.58. The van der Waals surface area contributed by atoms with E-state index in [1.165, 1.54) is 0 Å². The lowest BCUT2D eigenvalue weighted by Gasteiger charge is -2.31. The molecule has 0 radical (unpaired) electrons. The van der Waals surface area contributed by atoms with Crippen LogP contribution < -0.4 is 0 Å². The van der Waals surface area contributed by atoms with Crippen LogP contribution in [0.4, 0.5) is 0 Å². The molecule has 0 bridgehead atoms. The van der Waals surface area contributed by atoms with Gasteiger partial charge in [-0.2, -0.15) is 5.10 Å². The zero-order valence-electron chi connectivity index (χ0n) is 14.3. The van der Waals surface area contributed by atoms with Gasteiger partial charge in [-0.25, -0.2) is 8.42 Å². The third-order valence-corrected chi connectivity index (χ3v) is 6.40. The number of rotatable bonds is 7. The van der Waals surface area contributed by atoms with Gasteiger partial charge in [-0.15, -0.1) is 0 Å². The van der Waals surface area contributed by atoms with Crippen LogP contribution in [0.5, 0.6) is 0 Å². The molecule has 136 valence electrons. The smallest absolute Gasteiger partial charge is 0.179 e. The average molecular weight is 363 g/mol. The lowest BCUT2D eigenvalue weighted by molar-refractivity contribution is 0.215. The highest BCUT2D eigenvalue weighted by molar-refractivity contribution is 7.91. The van der Waals surface area contributed by atoms with E-state index in [-0.39, 0.29) is 12.4 Å². The first-order chi connectivity index (χ1) is 12.1. The van der Waals surface area contributed by atoms with Crippen LogP contribution in [0.25, 0.3) is 0 Å². The Morgan fingerprint density at radius 3 is 2.72 bits per heavy atom. The molecule has 1 aromatic heterocycles. The quantitative estimate of drug-likeness (QED) is 0.807. The van der Waals surface area contributed by atoms with E-state index in [4.69, 9.17) is 5.11 Å². The molecule has 3 rings (SSSR count). The highest BCUT2D eigenvalue weighted by Crippen LogP contribution is 2.25. The molecule has 0 spiro atoms. The van der Waals surface area contributed by atoms with E-state index in [1.807, 2.05) is 18.3 Å². The van der Waals surface area contributed by atoms with Crippen molar-refractivity contribution in [1.29, 1.82) is 0 Å². The molecule has 1 fully saturated rings. The second-order valence-corrected chi connectivity index (χ2v) is 8.61. The van der Waals surface area contributed by atoms with Gasteiger partial charge < -0.3 is 10.0 Å². The van der Waals surface area contributed by atoms with Crippen molar-refractivity contribution in [3.8, 4) is 0 Å². The Bertz CT molecular complexity index is 774. The van der Waals surface area contributed by atoms with Gasteiger partial charge in [0, 0.05) is 25.2 Å². The molecule has 2 aromatic rings. The molecule has 0 aliphatic carbocycles. The molecule has 1 N–H and O–H groups in total. The van der Waals surface area contributed by atoms with Gasteiger partial charge >= 0.3 is 0 Å². The van der Waals surface area contributed by atoms with Crippen LogP contribution in [0.15, 0.2) is 47.5 Å². The zero-order valence-corrected chi connectivity index (χ0v) is 15.1. The van der Waals surface area contributed by atoms with Gasteiger partial charge in [0.2, 0.25) is 0 Å². The summed E-state index contributed by atoms with van der Waals surface area (Å²) in [4.78, 5) is 2.62. The summed E-state index contributed by atoms with van der Waals surface area (Å²) in [6.45, 7) is 2.89. The number of nitrogens with zero attached hydrogens (tertiary/aromatic N) is 3. The molecule has 1 saturated heterocycles. The molecule has 6 nitrogen and oxygen atoms in total. The predicted molar refractivity (Wildman–Crippen MR) is 96.2 cm³/mol. The van der Waals surface area contributed by atoms with E-state index in [0.717, 1.165) is 31.6 Å². The van der Waals surface area contributed by atoms with E-state index in [2.05, 4.69) is 10.00 Å². The van der Waals surface area contributed by atoms with Crippen LogP contribution in [-0.4, -0.2) is 60.2 Å². The first kappa shape index (κ1) is 18.1. The monoisotopic (exact) mass is 363 g/mol. The fourth-order valence-electron chi connectivity index (χ4n) is 3.32. The minimum atomic E-state index is -3.23. The summed E-state index contributed by atoms with van der Waals surface area (Å²) in [6.07, 6.45) is 4.01. The Labute approximate surface area is 149 Å². The lowest BCUT2D eigenvalue weighted by atomic mass is 9.95. The SMILES string of the molecule is O=S(=O)(CCN1CCC[C@@H](c2ccn(CCO)n2)C1)c1ccccc1. The second kappa shape index (κ2) is 8.12. The Morgan fingerprint density at radius 2 is 1.96 bits per heavy atom. The summed E-state index contributed by atoms with van der Waals surface area (Å²) in [6, 6.07) is 10.7. The average Bonchev–Trinajstić information content (AvgIpc) is 3.10. The Kier molecular flexibility index (Phi) is 5.88. The number of aliphatic hydroxyl groups excluding tert-OH is 1. The van der Waals surface area contributed by atoms with E-state index in [9.17, 15) is 8.42 Å². The van der Waals surface area contributed by atoms with Gasteiger partial charge in [0.1, 0.15) is 0 Å². The molecular weight excluding hydrogens is 338 g/mol. The molecule has 1 aliphatic heterocycles. The number of aromatic nitrogens is 2. The van der Waals surface area contributed by atoms with Gasteiger partial charge in [-0.05, 0) is 37.6 Å². The summed E-state index contributed by atoms with van der Waals surface area (Å²) in [7, 11) is -3.23. The van der Waals surface area contributed by atoms with Crippen molar-refractivity contribution in [3.63, 3.8) is 0 Å². The minimum Gasteiger partial charge on any atom is -0.394 e. The summed E-state index contributed by atoms with van der Waals surface area (Å²) in [5, 5.41) is 13.5. The second-order valence-electron chi connectivity index (χ2n) is 6.50. The number of hydrogen-bond donors (Lipinski definition) is 1. The van der Waals surface area contributed by atoms with Crippen LogP contribution in [-0.2, 0) is 16.4 Å². The summed E-state index contributed by atoms with van der Waals surface area (Å²) >= 11 is 0. The lowest BCUT2D eigenvalue weighted by Crippen LogP contribution is -2.37. The van der Waals surface area contributed by atoms with Crippen molar-refractivity contribution in [2.75, 3.05) is 32.0 Å². The fraction of sp³-hybridized carbons (Fsp3) is 0.500. The number of hydrogen-bond acceptors (Lipinski definition) is 5. The largest absolute Gasteiger partial charge is 0.394 e. The third kappa shape index (κ3) is 4.68. The van der Waals surface area contributed by atoms with Crippen molar-refractivity contribution in [1.82, 2.24) is 14.7 Å². The molecular formula is C18H25N3O3S. The molecule has 7 heteroatoms. The third-order valence-electron chi connectivity index (χ3n) is 4.69. The van der Waals surface area contributed by atoms with Gasteiger partial charge in [0.15, 0.2) is 9.84 Å². The van der Waals surface area contributed by atoms with Crippen LogP contribution in [0.2, 0.25) is 0 Å². The molecule has 0 amide bonds. The van der Waals surface area contributed by atoms with Gasteiger partial charge in [0.05, 0.1) is 29.5 Å². The maximum Gasteiger partial charge on any atom is 0.179 e.